The van der Waals surface area contributed by atoms with Gasteiger partial charge in [-0.2, -0.15) is 13.2 Å². The van der Waals surface area contributed by atoms with Gasteiger partial charge in [-0.25, -0.2) is 0 Å². The van der Waals surface area contributed by atoms with Crippen LogP contribution in [0.25, 0.3) is 0 Å². The molecular formula is C14H15BrF3NO2. The van der Waals surface area contributed by atoms with Crippen molar-refractivity contribution in [2.45, 2.75) is 25.4 Å². The van der Waals surface area contributed by atoms with Gasteiger partial charge in [0.25, 0.3) is 0 Å². The smallest absolute Gasteiger partial charge is 0.471 e. The summed E-state index contributed by atoms with van der Waals surface area (Å²) in [6.07, 6.45) is -4.44. The van der Waals surface area contributed by atoms with Gasteiger partial charge in [0.2, 0.25) is 0 Å². The van der Waals surface area contributed by atoms with Crippen LogP contribution in [0.5, 0.6) is 5.75 Å². The molecule has 1 heterocycles. The van der Waals surface area contributed by atoms with Crippen LogP contribution >= 0.6 is 15.9 Å². The van der Waals surface area contributed by atoms with E-state index < -0.39 is 12.1 Å². The molecule has 0 saturated carbocycles. The highest BCUT2D eigenvalue weighted by atomic mass is 79.9. The maximum absolute atomic E-state index is 12.6. The van der Waals surface area contributed by atoms with E-state index in [2.05, 4.69) is 15.9 Å². The van der Waals surface area contributed by atoms with Crippen LogP contribution in [0.15, 0.2) is 16.6 Å². The number of hydrogen-bond acceptors (Lipinski definition) is 2. The molecule has 0 saturated heterocycles. The Labute approximate surface area is 129 Å². The van der Waals surface area contributed by atoms with Crippen molar-refractivity contribution >= 4 is 21.8 Å². The van der Waals surface area contributed by atoms with Crippen LogP contribution in [0.1, 0.15) is 24.0 Å². The van der Waals surface area contributed by atoms with Crippen LogP contribution in [-0.4, -0.2) is 37.2 Å². The van der Waals surface area contributed by atoms with Crippen LogP contribution in [0.4, 0.5) is 13.2 Å². The Kier molecular flexibility index (Phi) is 4.51. The predicted octanol–water partition coefficient (Wildman–Crippen LogP) is 3.51. The van der Waals surface area contributed by atoms with Gasteiger partial charge in [-0.3, -0.25) is 4.79 Å². The van der Waals surface area contributed by atoms with Gasteiger partial charge in [-0.15, -0.1) is 0 Å². The molecule has 0 radical (unpaired) electrons. The molecule has 0 fully saturated rings. The van der Waals surface area contributed by atoms with E-state index in [0.717, 1.165) is 20.5 Å². The van der Waals surface area contributed by atoms with Gasteiger partial charge in [0.05, 0.1) is 11.6 Å². The highest BCUT2D eigenvalue weighted by Gasteiger charge is 2.43. The Morgan fingerprint density at radius 3 is 2.67 bits per heavy atom. The molecule has 2 rings (SSSR count). The molecule has 1 aliphatic rings. The molecule has 116 valence electrons. The molecule has 0 N–H and O–H groups in total. The number of rotatable bonds is 1. The molecule has 1 atom stereocenters. The predicted molar refractivity (Wildman–Crippen MR) is 75.4 cm³/mol. The fraction of sp³-hybridized carbons (Fsp3) is 0.500. The third-order valence-corrected chi connectivity index (χ3v) is 4.24. The van der Waals surface area contributed by atoms with Crippen LogP contribution < -0.4 is 4.74 Å². The molecule has 7 heteroatoms. The average molecular weight is 366 g/mol. The third kappa shape index (κ3) is 3.33. The van der Waals surface area contributed by atoms with Crippen LogP contribution in [0.2, 0.25) is 0 Å². The summed E-state index contributed by atoms with van der Waals surface area (Å²) in [4.78, 5) is 12.3. The van der Waals surface area contributed by atoms with Gasteiger partial charge >= 0.3 is 12.1 Å². The molecular weight excluding hydrogens is 351 g/mol. The van der Waals surface area contributed by atoms with Gasteiger partial charge in [0, 0.05) is 13.1 Å². The third-order valence-electron chi connectivity index (χ3n) is 3.62. The number of benzene rings is 1. The average Bonchev–Trinajstić information content (AvgIpc) is 2.56. The lowest BCUT2D eigenvalue weighted by atomic mass is 9.95. The van der Waals surface area contributed by atoms with E-state index in [9.17, 15) is 18.0 Å². The van der Waals surface area contributed by atoms with E-state index in [4.69, 9.17) is 4.74 Å². The Morgan fingerprint density at radius 2 is 2.10 bits per heavy atom. The standard InChI is InChI=1S/C14H15BrF3NO2/c1-8-7-19(13(20)14(16,17)18)4-3-9-5-12(21-2)11(15)6-10(8)9/h5-6,8H,3-4,7H2,1-2H3/t8-/m1/s1. The number of alkyl halides is 3. The summed E-state index contributed by atoms with van der Waals surface area (Å²) in [5.74, 6) is -1.30. The molecule has 0 unspecified atom stereocenters. The zero-order chi connectivity index (χ0) is 15.8. The fourth-order valence-electron chi connectivity index (χ4n) is 2.58. The van der Waals surface area contributed by atoms with Crippen molar-refractivity contribution < 1.29 is 22.7 Å². The molecule has 1 aliphatic heterocycles. The van der Waals surface area contributed by atoms with Crippen LogP contribution in [0.3, 0.4) is 0 Å². The zero-order valence-corrected chi connectivity index (χ0v) is 13.2. The van der Waals surface area contributed by atoms with Gasteiger partial charge in [0.1, 0.15) is 5.75 Å². The van der Waals surface area contributed by atoms with Crippen molar-refractivity contribution in [3.8, 4) is 5.75 Å². The minimum atomic E-state index is -4.82. The summed E-state index contributed by atoms with van der Waals surface area (Å²) in [7, 11) is 1.53. The van der Waals surface area contributed by atoms with E-state index in [1.54, 1.807) is 0 Å². The van der Waals surface area contributed by atoms with E-state index in [1.807, 2.05) is 19.1 Å². The number of hydrogen-bond donors (Lipinski definition) is 0. The summed E-state index contributed by atoms with van der Waals surface area (Å²) in [6, 6.07) is 3.68. The Bertz CT molecular complexity index is 560. The highest BCUT2D eigenvalue weighted by Crippen LogP contribution is 2.35. The number of fused-ring (bicyclic) bond motifs is 1. The lowest BCUT2D eigenvalue weighted by molar-refractivity contribution is -0.185. The van der Waals surface area contributed by atoms with Crippen molar-refractivity contribution in [3.63, 3.8) is 0 Å². The van der Waals surface area contributed by atoms with Crippen molar-refractivity contribution in [3.05, 3.63) is 27.7 Å². The first kappa shape index (κ1) is 16.1. The number of carbonyl (C=O) groups excluding carboxylic acids is 1. The van der Waals surface area contributed by atoms with Gasteiger partial charge in [-0.05, 0) is 51.5 Å². The van der Waals surface area contributed by atoms with Crippen molar-refractivity contribution in [2.24, 2.45) is 0 Å². The molecule has 21 heavy (non-hydrogen) atoms. The van der Waals surface area contributed by atoms with E-state index in [-0.39, 0.29) is 19.0 Å². The van der Waals surface area contributed by atoms with Gasteiger partial charge in [0.15, 0.2) is 0 Å². The van der Waals surface area contributed by atoms with E-state index >= 15 is 0 Å². The second-order valence-corrected chi connectivity index (χ2v) is 5.94. The summed E-state index contributed by atoms with van der Waals surface area (Å²) in [5, 5.41) is 0. The second-order valence-electron chi connectivity index (χ2n) is 5.09. The summed E-state index contributed by atoms with van der Waals surface area (Å²) in [6.45, 7) is 1.93. The lowest BCUT2D eigenvalue weighted by Crippen LogP contribution is -2.42. The minimum absolute atomic E-state index is 0.0560. The Morgan fingerprint density at radius 1 is 1.43 bits per heavy atom. The Balaban J connectivity index is 2.31. The lowest BCUT2D eigenvalue weighted by Gasteiger charge is -2.24. The molecule has 0 spiro atoms. The normalized spacial score (nSPS) is 19.0. The fourth-order valence-corrected chi connectivity index (χ4v) is 3.10. The van der Waals surface area contributed by atoms with Gasteiger partial charge in [-0.1, -0.05) is 6.92 Å². The molecule has 0 bridgehead atoms. The SMILES string of the molecule is COc1cc2c(cc1Br)[C@H](C)CN(C(=O)C(F)(F)F)CC2. The molecule has 1 aromatic rings. The highest BCUT2D eigenvalue weighted by molar-refractivity contribution is 9.10. The first-order valence-corrected chi connectivity index (χ1v) is 7.25. The van der Waals surface area contributed by atoms with Crippen molar-refractivity contribution in [1.29, 1.82) is 0 Å². The number of halogens is 4. The molecule has 0 aromatic heterocycles. The van der Waals surface area contributed by atoms with Crippen molar-refractivity contribution in [1.82, 2.24) is 4.90 Å². The van der Waals surface area contributed by atoms with Crippen LogP contribution in [-0.2, 0) is 11.2 Å². The van der Waals surface area contributed by atoms with Gasteiger partial charge < -0.3 is 9.64 Å². The number of nitrogens with zero attached hydrogens (tertiary/aromatic N) is 1. The van der Waals surface area contributed by atoms with Crippen molar-refractivity contribution in [2.75, 3.05) is 20.2 Å². The van der Waals surface area contributed by atoms with E-state index in [0.29, 0.717) is 12.2 Å². The summed E-state index contributed by atoms with van der Waals surface area (Å²) >= 11 is 3.38. The Hall–Kier alpha value is -1.24. The zero-order valence-electron chi connectivity index (χ0n) is 11.6. The largest absolute Gasteiger partial charge is 0.496 e. The quantitative estimate of drug-likeness (QED) is 0.762. The number of methoxy groups -OCH3 is 1. The molecule has 1 amide bonds. The number of amides is 1. The molecule has 3 nitrogen and oxygen atoms in total. The summed E-state index contributed by atoms with van der Waals surface area (Å²) < 4.78 is 43.7. The first-order chi connectivity index (χ1) is 9.74. The maximum atomic E-state index is 12.6. The summed E-state index contributed by atoms with van der Waals surface area (Å²) in [5.41, 5.74) is 1.86. The molecule has 0 aliphatic carbocycles. The topological polar surface area (TPSA) is 29.5 Å². The molecule has 1 aromatic carbocycles. The first-order valence-electron chi connectivity index (χ1n) is 6.46. The minimum Gasteiger partial charge on any atom is -0.496 e. The van der Waals surface area contributed by atoms with E-state index in [1.165, 1.54) is 7.11 Å². The maximum Gasteiger partial charge on any atom is 0.471 e. The number of carbonyl (C=O) groups is 1. The monoisotopic (exact) mass is 365 g/mol. The second kappa shape index (κ2) is 5.87. The van der Waals surface area contributed by atoms with Crippen LogP contribution in [0, 0.1) is 0 Å². The number of ether oxygens (including phenoxy) is 1.